The monoisotopic (exact) mass is 481 g/mol. The van der Waals surface area contributed by atoms with Crippen LogP contribution in [0.3, 0.4) is 0 Å². The number of anilines is 1. The molecule has 10 heteroatoms. The van der Waals surface area contributed by atoms with Gasteiger partial charge >= 0.3 is 0 Å². The molecule has 176 valence electrons. The van der Waals surface area contributed by atoms with Crippen LogP contribution < -0.4 is 23.9 Å². The third-order valence-corrected chi connectivity index (χ3v) is 6.64. The summed E-state index contributed by atoms with van der Waals surface area (Å²) in [5.41, 5.74) is 3.39. The van der Waals surface area contributed by atoms with E-state index in [1.165, 1.54) is 18.3 Å². The number of ether oxygens (including phenoxy) is 3. The third kappa shape index (κ3) is 5.29. The quantitative estimate of drug-likeness (QED) is 0.372. The Kier molecular flexibility index (Phi) is 6.98. The highest BCUT2D eigenvalue weighted by Crippen LogP contribution is 2.32. The Labute approximate surface area is 197 Å². The molecule has 1 aliphatic heterocycles. The van der Waals surface area contributed by atoms with Crippen molar-refractivity contribution in [3.8, 4) is 17.2 Å². The number of hydrogen-bond acceptors (Lipinski definition) is 7. The molecule has 1 aliphatic rings. The molecule has 3 aromatic carbocycles. The summed E-state index contributed by atoms with van der Waals surface area (Å²) in [6, 6.07) is 19.6. The standard InChI is InChI=1S/C24H23N3O6S/c1-2-31-20-11-9-19(10-12-20)27(34(29,30)21-6-4-3-5-7-21)16-24(28)26-25-15-18-8-13-22-23(14-18)33-17-32-22/h3-15H,2,16-17H2,1H3,(H,26,28). The molecule has 0 atom stereocenters. The van der Waals surface area contributed by atoms with Crippen molar-refractivity contribution in [3.05, 3.63) is 78.4 Å². The van der Waals surface area contributed by atoms with Gasteiger partial charge in [-0.25, -0.2) is 13.8 Å². The van der Waals surface area contributed by atoms with Crippen molar-refractivity contribution in [1.82, 2.24) is 5.43 Å². The number of amides is 1. The van der Waals surface area contributed by atoms with Crippen LogP contribution >= 0.6 is 0 Å². The van der Waals surface area contributed by atoms with Crippen molar-refractivity contribution in [1.29, 1.82) is 0 Å². The van der Waals surface area contributed by atoms with Gasteiger partial charge in [0.2, 0.25) is 6.79 Å². The molecule has 0 radical (unpaired) electrons. The Morgan fingerprint density at radius 1 is 1.06 bits per heavy atom. The van der Waals surface area contributed by atoms with Gasteiger partial charge in [-0.3, -0.25) is 9.10 Å². The Morgan fingerprint density at radius 2 is 1.79 bits per heavy atom. The lowest BCUT2D eigenvalue weighted by molar-refractivity contribution is -0.119. The molecule has 1 N–H and O–H groups in total. The van der Waals surface area contributed by atoms with Gasteiger partial charge in [-0.05, 0) is 67.1 Å². The first-order valence-electron chi connectivity index (χ1n) is 10.5. The SMILES string of the molecule is CCOc1ccc(N(CC(=O)NN=Cc2ccc3c(c2)OCO3)S(=O)(=O)c2ccccc2)cc1. The first-order chi connectivity index (χ1) is 16.5. The van der Waals surface area contributed by atoms with Crippen molar-refractivity contribution in [2.75, 3.05) is 24.2 Å². The minimum Gasteiger partial charge on any atom is -0.494 e. The van der Waals surface area contributed by atoms with Gasteiger partial charge in [-0.2, -0.15) is 5.10 Å². The summed E-state index contributed by atoms with van der Waals surface area (Å²) in [5.74, 6) is 1.22. The van der Waals surface area contributed by atoms with Crippen LogP contribution in [-0.4, -0.2) is 40.5 Å². The molecule has 3 aromatic rings. The fourth-order valence-corrected chi connectivity index (χ4v) is 4.69. The van der Waals surface area contributed by atoms with Crippen LogP contribution in [0.15, 0.2) is 82.8 Å². The van der Waals surface area contributed by atoms with Crippen LogP contribution in [0, 0.1) is 0 Å². The van der Waals surface area contributed by atoms with Gasteiger partial charge in [0.05, 0.1) is 23.4 Å². The number of carbonyl (C=O) groups excluding carboxylic acids is 1. The van der Waals surface area contributed by atoms with Crippen LogP contribution in [0.1, 0.15) is 12.5 Å². The van der Waals surface area contributed by atoms with Crippen molar-refractivity contribution < 1.29 is 27.4 Å². The number of carbonyl (C=O) groups is 1. The van der Waals surface area contributed by atoms with E-state index in [4.69, 9.17) is 14.2 Å². The summed E-state index contributed by atoms with van der Waals surface area (Å²) in [7, 11) is -4.01. The minimum atomic E-state index is -4.01. The first-order valence-corrected chi connectivity index (χ1v) is 11.9. The second-order valence-electron chi connectivity index (χ2n) is 7.16. The van der Waals surface area contributed by atoms with E-state index < -0.39 is 22.5 Å². The molecular formula is C24H23N3O6S. The third-order valence-electron chi connectivity index (χ3n) is 4.85. The molecule has 9 nitrogen and oxygen atoms in total. The normalized spacial score (nSPS) is 12.5. The number of benzene rings is 3. The average molecular weight is 482 g/mol. The Balaban J connectivity index is 1.52. The predicted molar refractivity (Wildman–Crippen MR) is 127 cm³/mol. The zero-order valence-electron chi connectivity index (χ0n) is 18.4. The summed E-state index contributed by atoms with van der Waals surface area (Å²) in [6.45, 7) is 2.03. The van der Waals surface area contributed by atoms with Crippen LogP contribution in [-0.2, 0) is 14.8 Å². The smallest absolute Gasteiger partial charge is 0.264 e. The van der Waals surface area contributed by atoms with E-state index in [-0.39, 0.29) is 11.7 Å². The molecule has 1 heterocycles. The van der Waals surface area contributed by atoms with Crippen molar-refractivity contribution in [2.45, 2.75) is 11.8 Å². The molecule has 0 bridgehead atoms. The predicted octanol–water partition coefficient (Wildman–Crippen LogP) is 3.16. The Morgan fingerprint density at radius 3 is 2.53 bits per heavy atom. The Hall–Kier alpha value is -4.05. The van der Waals surface area contributed by atoms with Gasteiger partial charge in [0.25, 0.3) is 15.9 Å². The summed E-state index contributed by atoms with van der Waals surface area (Å²) >= 11 is 0. The molecule has 0 aliphatic carbocycles. The van der Waals surface area contributed by atoms with E-state index in [1.54, 1.807) is 60.7 Å². The number of hydrazone groups is 1. The Bertz CT molecular complexity index is 1280. The minimum absolute atomic E-state index is 0.0699. The van der Waals surface area contributed by atoms with Gasteiger partial charge < -0.3 is 14.2 Å². The van der Waals surface area contributed by atoms with E-state index in [9.17, 15) is 13.2 Å². The lowest BCUT2D eigenvalue weighted by Crippen LogP contribution is -2.39. The van der Waals surface area contributed by atoms with Crippen molar-refractivity contribution in [3.63, 3.8) is 0 Å². The summed E-state index contributed by atoms with van der Waals surface area (Å²) < 4.78 is 43.7. The molecule has 4 rings (SSSR count). The van der Waals surface area contributed by atoms with Gasteiger partial charge in [0, 0.05) is 0 Å². The van der Waals surface area contributed by atoms with Crippen molar-refractivity contribution >= 4 is 27.8 Å². The molecule has 0 fully saturated rings. The molecule has 0 unspecified atom stereocenters. The van der Waals surface area contributed by atoms with Gasteiger partial charge in [0.15, 0.2) is 11.5 Å². The molecule has 1 amide bonds. The molecule has 0 spiro atoms. The van der Waals surface area contributed by atoms with Gasteiger partial charge in [-0.1, -0.05) is 18.2 Å². The lowest BCUT2D eigenvalue weighted by Gasteiger charge is -2.24. The van der Waals surface area contributed by atoms with E-state index in [0.29, 0.717) is 35.1 Å². The topological polar surface area (TPSA) is 107 Å². The van der Waals surface area contributed by atoms with E-state index in [1.807, 2.05) is 6.92 Å². The van der Waals surface area contributed by atoms with Crippen LogP contribution in [0.25, 0.3) is 0 Å². The highest BCUT2D eigenvalue weighted by atomic mass is 32.2. The van der Waals surface area contributed by atoms with E-state index in [0.717, 1.165) is 4.31 Å². The molecular weight excluding hydrogens is 458 g/mol. The zero-order valence-corrected chi connectivity index (χ0v) is 19.2. The number of fused-ring (bicyclic) bond motifs is 1. The fraction of sp³-hybridized carbons (Fsp3) is 0.167. The van der Waals surface area contributed by atoms with Gasteiger partial charge in [-0.15, -0.1) is 0 Å². The zero-order chi connectivity index (χ0) is 24.0. The maximum Gasteiger partial charge on any atom is 0.264 e. The second-order valence-corrected chi connectivity index (χ2v) is 9.02. The second kappa shape index (κ2) is 10.3. The first kappa shape index (κ1) is 23.1. The lowest BCUT2D eigenvalue weighted by atomic mass is 10.2. The molecule has 0 aromatic heterocycles. The number of sulfonamides is 1. The largest absolute Gasteiger partial charge is 0.494 e. The van der Waals surface area contributed by atoms with E-state index in [2.05, 4.69) is 10.5 Å². The van der Waals surface area contributed by atoms with Crippen molar-refractivity contribution in [2.24, 2.45) is 5.10 Å². The highest BCUT2D eigenvalue weighted by Gasteiger charge is 2.27. The van der Waals surface area contributed by atoms with E-state index >= 15 is 0 Å². The maximum absolute atomic E-state index is 13.3. The summed E-state index contributed by atoms with van der Waals surface area (Å²) in [5, 5.41) is 3.94. The molecule has 0 saturated carbocycles. The van der Waals surface area contributed by atoms with Crippen LogP contribution in [0.2, 0.25) is 0 Å². The number of hydrogen-bond donors (Lipinski definition) is 1. The highest BCUT2D eigenvalue weighted by molar-refractivity contribution is 7.92. The summed E-state index contributed by atoms with van der Waals surface area (Å²) in [4.78, 5) is 12.7. The number of nitrogens with one attached hydrogen (secondary N) is 1. The number of nitrogens with zero attached hydrogens (tertiary/aromatic N) is 2. The molecule has 34 heavy (non-hydrogen) atoms. The molecule has 0 saturated heterocycles. The maximum atomic E-state index is 13.3. The number of rotatable bonds is 9. The average Bonchev–Trinajstić information content (AvgIpc) is 3.32. The van der Waals surface area contributed by atoms with Crippen LogP contribution in [0.4, 0.5) is 5.69 Å². The summed E-state index contributed by atoms with van der Waals surface area (Å²) in [6.07, 6.45) is 1.44. The van der Waals surface area contributed by atoms with Crippen LogP contribution in [0.5, 0.6) is 17.2 Å². The fourth-order valence-electron chi connectivity index (χ4n) is 3.25. The van der Waals surface area contributed by atoms with Gasteiger partial charge in [0.1, 0.15) is 12.3 Å².